The fraction of sp³-hybridized carbons (Fsp3) is 0.875. The predicted molar refractivity (Wildman–Crippen MR) is 42.2 cm³/mol. The molecular formula is C8H15NO2. The van der Waals surface area contributed by atoms with Gasteiger partial charge in [0.05, 0.1) is 0 Å². The number of nitrogens with one attached hydrogen (secondary N) is 1. The number of amides is 1. The molecule has 0 aliphatic carbocycles. The monoisotopic (exact) mass is 157 g/mol. The SMILES string of the molecule is CCOC[C@H]1CCNC(=O)C1. The van der Waals surface area contributed by atoms with E-state index in [0.717, 1.165) is 26.2 Å². The number of ether oxygens (including phenoxy) is 1. The largest absolute Gasteiger partial charge is 0.381 e. The molecule has 1 heterocycles. The van der Waals surface area contributed by atoms with Crippen molar-refractivity contribution in [3.63, 3.8) is 0 Å². The first kappa shape index (κ1) is 8.53. The van der Waals surface area contributed by atoms with Gasteiger partial charge in [0, 0.05) is 26.2 Å². The van der Waals surface area contributed by atoms with Crippen LogP contribution in [0.2, 0.25) is 0 Å². The molecule has 0 saturated carbocycles. The summed E-state index contributed by atoms with van der Waals surface area (Å²) in [7, 11) is 0. The Morgan fingerprint density at radius 3 is 3.18 bits per heavy atom. The van der Waals surface area contributed by atoms with Crippen LogP contribution < -0.4 is 5.32 Å². The molecule has 1 amide bonds. The van der Waals surface area contributed by atoms with E-state index in [2.05, 4.69) is 5.32 Å². The normalized spacial score (nSPS) is 24.8. The van der Waals surface area contributed by atoms with Crippen molar-refractivity contribution in [1.82, 2.24) is 5.32 Å². The van der Waals surface area contributed by atoms with Crippen molar-refractivity contribution in [1.29, 1.82) is 0 Å². The molecular weight excluding hydrogens is 142 g/mol. The van der Waals surface area contributed by atoms with E-state index in [4.69, 9.17) is 4.74 Å². The summed E-state index contributed by atoms with van der Waals surface area (Å²) in [6.07, 6.45) is 1.70. The molecule has 0 spiro atoms. The zero-order valence-electron chi connectivity index (χ0n) is 6.93. The predicted octanol–water partition coefficient (Wildman–Crippen LogP) is 0.549. The van der Waals surface area contributed by atoms with Crippen molar-refractivity contribution in [2.45, 2.75) is 19.8 Å². The molecule has 1 fully saturated rings. The van der Waals surface area contributed by atoms with Gasteiger partial charge < -0.3 is 10.1 Å². The molecule has 0 unspecified atom stereocenters. The molecule has 1 rings (SSSR count). The van der Waals surface area contributed by atoms with Gasteiger partial charge in [-0.25, -0.2) is 0 Å². The number of rotatable bonds is 3. The standard InChI is InChI=1S/C8H15NO2/c1-2-11-6-7-3-4-9-8(10)5-7/h7H,2-6H2,1H3,(H,9,10)/t7-/m0/s1. The Morgan fingerprint density at radius 2 is 2.55 bits per heavy atom. The average molecular weight is 157 g/mol. The Kier molecular flexibility index (Phi) is 3.36. The first-order valence-electron chi connectivity index (χ1n) is 4.17. The fourth-order valence-corrected chi connectivity index (χ4v) is 1.28. The van der Waals surface area contributed by atoms with Gasteiger partial charge in [0.1, 0.15) is 0 Å². The Morgan fingerprint density at radius 1 is 1.73 bits per heavy atom. The summed E-state index contributed by atoms with van der Waals surface area (Å²) >= 11 is 0. The Labute approximate surface area is 67.1 Å². The minimum atomic E-state index is 0.168. The first-order valence-corrected chi connectivity index (χ1v) is 4.17. The highest BCUT2D eigenvalue weighted by molar-refractivity contribution is 5.76. The number of hydrogen-bond acceptors (Lipinski definition) is 2. The molecule has 1 atom stereocenters. The van der Waals surface area contributed by atoms with Crippen molar-refractivity contribution in [3.05, 3.63) is 0 Å². The lowest BCUT2D eigenvalue weighted by molar-refractivity contribution is -0.124. The number of carbonyl (C=O) groups excluding carboxylic acids is 1. The van der Waals surface area contributed by atoms with Gasteiger partial charge in [0.15, 0.2) is 0 Å². The van der Waals surface area contributed by atoms with E-state index in [1.807, 2.05) is 6.92 Å². The quantitative estimate of drug-likeness (QED) is 0.649. The lowest BCUT2D eigenvalue weighted by atomic mass is 9.99. The van der Waals surface area contributed by atoms with Gasteiger partial charge in [0.2, 0.25) is 5.91 Å². The van der Waals surface area contributed by atoms with E-state index in [9.17, 15) is 4.79 Å². The van der Waals surface area contributed by atoms with Crippen LogP contribution in [0.25, 0.3) is 0 Å². The van der Waals surface area contributed by atoms with E-state index < -0.39 is 0 Å². The Hall–Kier alpha value is -0.570. The van der Waals surface area contributed by atoms with Gasteiger partial charge >= 0.3 is 0 Å². The van der Waals surface area contributed by atoms with Crippen molar-refractivity contribution >= 4 is 5.91 Å². The van der Waals surface area contributed by atoms with Gasteiger partial charge in [-0.15, -0.1) is 0 Å². The van der Waals surface area contributed by atoms with Crippen LogP contribution in [0.1, 0.15) is 19.8 Å². The average Bonchev–Trinajstić information content (AvgIpc) is 2.01. The van der Waals surface area contributed by atoms with Gasteiger partial charge in [-0.3, -0.25) is 4.79 Å². The molecule has 11 heavy (non-hydrogen) atoms. The van der Waals surface area contributed by atoms with E-state index >= 15 is 0 Å². The minimum absolute atomic E-state index is 0.168. The summed E-state index contributed by atoms with van der Waals surface area (Å²) in [5.74, 6) is 0.615. The molecule has 3 nitrogen and oxygen atoms in total. The Balaban J connectivity index is 2.17. The summed E-state index contributed by atoms with van der Waals surface area (Å²) in [4.78, 5) is 10.9. The second-order valence-electron chi connectivity index (χ2n) is 2.87. The molecule has 1 aliphatic rings. The van der Waals surface area contributed by atoms with Crippen molar-refractivity contribution in [2.75, 3.05) is 19.8 Å². The summed E-state index contributed by atoms with van der Waals surface area (Å²) in [6.45, 7) is 4.28. The molecule has 1 N–H and O–H groups in total. The van der Waals surface area contributed by atoms with Crippen molar-refractivity contribution < 1.29 is 9.53 Å². The van der Waals surface area contributed by atoms with Gasteiger partial charge in [-0.1, -0.05) is 0 Å². The van der Waals surface area contributed by atoms with Crippen molar-refractivity contribution in [2.24, 2.45) is 5.92 Å². The second kappa shape index (κ2) is 4.34. The molecule has 1 saturated heterocycles. The fourth-order valence-electron chi connectivity index (χ4n) is 1.28. The van der Waals surface area contributed by atoms with E-state index in [-0.39, 0.29) is 5.91 Å². The molecule has 3 heteroatoms. The number of piperidine rings is 1. The maximum Gasteiger partial charge on any atom is 0.220 e. The van der Waals surface area contributed by atoms with Crippen LogP contribution in [-0.2, 0) is 9.53 Å². The van der Waals surface area contributed by atoms with Gasteiger partial charge in [-0.05, 0) is 19.3 Å². The van der Waals surface area contributed by atoms with Crippen molar-refractivity contribution in [3.8, 4) is 0 Å². The van der Waals surface area contributed by atoms with Crippen LogP contribution >= 0.6 is 0 Å². The third-order valence-electron chi connectivity index (χ3n) is 1.91. The topological polar surface area (TPSA) is 38.3 Å². The Bertz CT molecular complexity index is 136. The molecule has 0 aromatic heterocycles. The lowest BCUT2D eigenvalue weighted by Crippen LogP contribution is -2.35. The summed E-state index contributed by atoms with van der Waals surface area (Å²) in [6, 6.07) is 0. The zero-order chi connectivity index (χ0) is 8.10. The number of carbonyl (C=O) groups is 1. The maximum atomic E-state index is 10.9. The van der Waals surface area contributed by atoms with E-state index in [1.165, 1.54) is 0 Å². The molecule has 0 aromatic carbocycles. The lowest BCUT2D eigenvalue weighted by Gasteiger charge is -2.21. The van der Waals surface area contributed by atoms with Gasteiger partial charge in [0.25, 0.3) is 0 Å². The van der Waals surface area contributed by atoms with Crippen LogP contribution in [0.4, 0.5) is 0 Å². The van der Waals surface area contributed by atoms with E-state index in [0.29, 0.717) is 12.3 Å². The highest BCUT2D eigenvalue weighted by atomic mass is 16.5. The first-order chi connectivity index (χ1) is 5.33. The van der Waals surface area contributed by atoms with Crippen LogP contribution in [0.15, 0.2) is 0 Å². The zero-order valence-corrected chi connectivity index (χ0v) is 6.93. The van der Waals surface area contributed by atoms with Crippen LogP contribution in [0.3, 0.4) is 0 Å². The third-order valence-corrected chi connectivity index (χ3v) is 1.91. The van der Waals surface area contributed by atoms with Crippen LogP contribution in [0, 0.1) is 5.92 Å². The minimum Gasteiger partial charge on any atom is -0.381 e. The molecule has 0 aromatic rings. The van der Waals surface area contributed by atoms with Gasteiger partial charge in [-0.2, -0.15) is 0 Å². The summed E-state index contributed by atoms with van der Waals surface area (Å²) < 4.78 is 5.24. The third kappa shape index (κ3) is 2.89. The number of hydrogen-bond donors (Lipinski definition) is 1. The maximum absolute atomic E-state index is 10.9. The summed E-state index contributed by atoms with van der Waals surface area (Å²) in [5.41, 5.74) is 0. The highest BCUT2D eigenvalue weighted by Crippen LogP contribution is 2.12. The van der Waals surface area contributed by atoms with Crippen LogP contribution in [0.5, 0.6) is 0 Å². The molecule has 64 valence electrons. The highest BCUT2D eigenvalue weighted by Gasteiger charge is 2.18. The van der Waals surface area contributed by atoms with Crippen LogP contribution in [-0.4, -0.2) is 25.7 Å². The smallest absolute Gasteiger partial charge is 0.220 e. The molecule has 0 bridgehead atoms. The summed E-state index contributed by atoms with van der Waals surface area (Å²) in [5, 5.41) is 2.79. The van der Waals surface area contributed by atoms with E-state index in [1.54, 1.807) is 0 Å². The molecule has 1 aliphatic heterocycles. The second-order valence-corrected chi connectivity index (χ2v) is 2.87. The molecule has 0 radical (unpaired) electrons.